The predicted octanol–water partition coefficient (Wildman–Crippen LogP) is 1.73. The molecule has 2 atom stereocenters. The molecule has 1 aliphatic rings. The second kappa shape index (κ2) is 7.19. The second-order valence-electron chi connectivity index (χ2n) is 6.79. The first-order chi connectivity index (χ1) is 12.0. The van der Waals surface area contributed by atoms with Gasteiger partial charge < -0.3 is 14.9 Å². The molecule has 1 N–H and O–H groups in total. The molecule has 0 unspecified atom stereocenters. The van der Waals surface area contributed by atoms with Gasteiger partial charge >= 0.3 is 0 Å². The Labute approximate surface area is 148 Å². The summed E-state index contributed by atoms with van der Waals surface area (Å²) in [6.07, 6.45) is -0.192. The van der Waals surface area contributed by atoms with E-state index in [9.17, 15) is 9.90 Å². The van der Waals surface area contributed by atoms with E-state index in [4.69, 9.17) is 0 Å². The Morgan fingerprint density at radius 2 is 1.96 bits per heavy atom. The highest BCUT2D eigenvalue weighted by Gasteiger charge is 2.34. The van der Waals surface area contributed by atoms with Crippen LogP contribution >= 0.6 is 0 Å². The van der Waals surface area contributed by atoms with Crippen LogP contribution in [0.4, 0.5) is 5.82 Å². The molecule has 1 fully saturated rings. The molecule has 1 aromatic carbocycles. The quantitative estimate of drug-likeness (QED) is 0.918. The standard InChI is InChI=1S/C19H24N4O2/c1-13-16(14-7-5-4-6-8-14)10-18(21-20-13)23-11-15(17(24)12-23)9-19(25)22(2)3/h4-8,10,15,17,24H,9,11-12H2,1-3H3/t15-,17-/m1/s1. The summed E-state index contributed by atoms with van der Waals surface area (Å²) < 4.78 is 0. The third-order valence-corrected chi connectivity index (χ3v) is 4.72. The van der Waals surface area contributed by atoms with Gasteiger partial charge in [0.15, 0.2) is 5.82 Å². The minimum absolute atomic E-state index is 0.0332. The molecule has 0 aliphatic carbocycles. The minimum atomic E-state index is -0.535. The number of benzene rings is 1. The molecule has 0 radical (unpaired) electrons. The number of rotatable bonds is 4. The lowest BCUT2D eigenvalue weighted by Crippen LogP contribution is -2.28. The first-order valence-electron chi connectivity index (χ1n) is 8.48. The molecule has 1 aliphatic heterocycles. The molecule has 0 bridgehead atoms. The molecule has 1 aromatic heterocycles. The molecular weight excluding hydrogens is 316 g/mol. The van der Waals surface area contributed by atoms with Crippen LogP contribution < -0.4 is 4.90 Å². The Morgan fingerprint density at radius 3 is 2.64 bits per heavy atom. The summed E-state index contributed by atoms with van der Waals surface area (Å²) in [6, 6.07) is 12.1. The molecule has 0 spiro atoms. The number of aromatic nitrogens is 2. The Bertz CT molecular complexity index is 748. The van der Waals surface area contributed by atoms with E-state index in [0.717, 1.165) is 22.6 Å². The number of hydrogen-bond acceptors (Lipinski definition) is 5. The van der Waals surface area contributed by atoms with Crippen molar-refractivity contribution in [2.45, 2.75) is 19.4 Å². The first-order valence-corrected chi connectivity index (χ1v) is 8.48. The van der Waals surface area contributed by atoms with Gasteiger partial charge in [-0.15, -0.1) is 5.10 Å². The van der Waals surface area contributed by atoms with Gasteiger partial charge in [0.25, 0.3) is 0 Å². The zero-order chi connectivity index (χ0) is 18.0. The molecule has 25 heavy (non-hydrogen) atoms. The van der Waals surface area contributed by atoms with Crippen LogP contribution in [-0.2, 0) is 4.79 Å². The average Bonchev–Trinajstić information content (AvgIpc) is 2.96. The zero-order valence-corrected chi connectivity index (χ0v) is 14.9. The average molecular weight is 340 g/mol. The monoisotopic (exact) mass is 340 g/mol. The fourth-order valence-corrected chi connectivity index (χ4v) is 3.16. The molecule has 0 saturated carbocycles. The Balaban J connectivity index is 1.80. The van der Waals surface area contributed by atoms with Gasteiger partial charge in [-0.1, -0.05) is 30.3 Å². The molecule has 3 rings (SSSR count). The van der Waals surface area contributed by atoms with Gasteiger partial charge in [0.2, 0.25) is 5.91 Å². The van der Waals surface area contributed by atoms with Crippen LogP contribution in [0, 0.1) is 12.8 Å². The molecule has 2 heterocycles. The summed E-state index contributed by atoms with van der Waals surface area (Å²) in [5.41, 5.74) is 3.00. The van der Waals surface area contributed by atoms with Crippen molar-refractivity contribution in [2.24, 2.45) is 5.92 Å². The number of anilines is 1. The molecule has 1 amide bonds. The number of amides is 1. The van der Waals surface area contributed by atoms with Gasteiger partial charge in [-0.05, 0) is 18.6 Å². The maximum atomic E-state index is 11.9. The van der Waals surface area contributed by atoms with E-state index in [1.807, 2.05) is 48.2 Å². The SMILES string of the molecule is Cc1nnc(N2C[C@@H](CC(=O)N(C)C)[C@H](O)C2)cc1-c1ccccc1. The maximum absolute atomic E-state index is 11.9. The highest BCUT2D eigenvalue weighted by molar-refractivity contribution is 5.76. The lowest BCUT2D eigenvalue weighted by molar-refractivity contribution is -0.130. The number of aryl methyl sites for hydroxylation is 1. The van der Waals surface area contributed by atoms with Crippen LogP contribution in [0.25, 0.3) is 11.1 Å². The smallest absolute Gasteiger partial charge is 0.222 e. The number of β-amino-alcohol motifs (C(OH)–C–C–N with tert-alkyl or cyclic N) is 1. The summed E-state index contributed by atoms with van der Waals surface area (Å²) in [5.74, 6) is 0.687. The van der Waals surface area contributed by atoms with E-state index in [-0.39, 0.29) is 11.8 Å². The highest BCUT2D eigenvalue weighted by Crippen LogP contribution is 2.29. The van der Waals surface area contributed by atoms with Gasteiger partial charge in [-0.3, -0.25) is 4.79 Å². The fourth-order valence-electron chi connectivity index (χ4n) is 3.16. The van der Waals surface area contributed by atoms with E-state index < -0.39 is 6.10 Å². The van der Waals surface area contributed by atoms with Crippen molar-refractivity contribution in [3.63, 3.8) is 0 Å². The highest BCUT2D eigenvalue weighted by atomic mass is 16.3. The van der Waals surface area contributed by atoms with Crippen molar-refractivity contribution in [2.75, 3.05) is 32.1 Å². The van der Waals surface area contributed by atoms with Crippen molar-refractivity contribution in [3.05, 3.63) is 42.1 Å². The molecule has 132 valence electrons. The zero-order valence-electron chi connectivity index (χ0n) is 14.9. The van der Waals surface area contributed by atoms with E-state index in [1.165, 1.54) is 0 Å². The molecule has 2 aromatic rings. The van der Waals surface area contributed by atoms with Gasteiger partial charge in [0.1, 0.15) is 0 Å². The van der Waals surface area contributed by atoms with Crippen LogP contribution in [0.5, 0.6) is 0 Å². The molecule has 1 saturated heterocycles. The van der Waals surface area contributed by atoms with E-state index in [1.54, 1.807) is 19.0 Å². The third-order valence-electron chi connectivity index (χ3n) is 4.72. The fraction of sp³-hybridized carbons (Fsp3) is 0.421. The van der Waals surface area contributed by atoms with Crippen molar-refractivity contribution < 1.29 is 9.90 Å². The van der Waals surface area contributed by atoms with Crippen molar-refractivity contribution in [1.29, 1.82) is 0 Å². The van der Waals surface area contributed by atoms with E-state index in [0.29, 0.717) is 19.5 Å². The van der Waals surface area contributed by atoms with Crippen molar-refractivity contribution >= 4 is 11.7 Å². The van der Waals surface area contributed by atoms with Gasteiger partial charge in [0.05, 0.1) is 11.8 Å². The molecule has 6 nitrogen and oxygen atoms in total. The number of hydrogen-bond donors (Lipinski definition) is 1. The van der Waals surface area contributed by atoms with E-state index >= 15 is 0 Å². The molecule has 6 heteroatoms. The van der Waals surface area contributed by atoms with Crippen LogP contribution in [-0.4, -0.2) is 59.4 Å². The van der Waals surface area contributed by atoms with E-state index in [2.05, 4.69) is 10.2 Å². The summed E-state index contributed by atoms with van der Waals surface area (Å²) in [7, 11) is 3.47. The minimum Gasteiger partial charge on any atom is -0.391 e. The topological polar surface area (TPSA) is 69.6 Å². The lowest BCUT2D eigenvalue weighted by Gasteiger charge is -2.18. The van der Waals surface area contributed by atoms with Crippen LogP contribution in [0.2, 0.25) is 0 Å². The summed E-state index contributed by atoms with van der Waals surface area (Å²) in [5, 5.41) is 18.9. The third kappa shape index (κ3) is 3.79. The second-order valence-corrected chi connectivity index (χ2v) is 6.79. The largest absolute Gasteiger partial charge is 0.391 e. The number of aliphatic hydroxyl groups excluding tert-OH is 1. The number of nitrogens with zero attached hydrogens (tertiary/aromatic N) is 4. The summed E-state index contributed by atoms with van der Waals surface area (Å²) >= 11 is 0. The van der Waals surface area contributed by atoms with Gasteiger partial charge in [-0.25, -0.2) is 0 Å². The number of aliphatic hydroxyl groups is 1. The lowest BCUT2D eigenvalue weighted by atomic mass is 10.0. The summed E-state index contributed by atoms with van der Waals surface area (Å²) in [6.45, 7) is 3.01. The predicted molar refractivity (Wildman–Crippen MR) is 97.2 cm³/mol. The Kier molecular flexibility index (Phi) is 4.99. The Hall–Kier alpha value is -2.47. The van der Waals surface area contributed by atoms with Crippen LogP contribution in [0.15, 0.2) is 36.4 Å². The van der Waals surface area contributed by atoms with Gasteiger partial charge in [-0.2, -0.15) is 5.10 Å². The Morgan fingerprint density at radius 1 is 1.24 bits per heavy atom. The number of carbonyl (C=O) groups is 1. The van der Waals surface area contributed by atoms with Crippen LogP contribution in [0.3, 0.4) is 0 Å². The van der Waals surface area contributed by atoms with Crippen molar-refractivity contribution in [1.82, 2.24) is 15.1 Å². The maximum Gasteiger partial charge on any atom is 0.222 e. The van der Waals surface area contributed by atoms with Gasteiger partial charge in [0, 0.05) is 45.1 Å². The van der Waals surface area contributed by atoms with Crippen LogP contribution in [0.1, 0.15) is 12.1 Å². The van der Waals surface area contributed by atoms with Crippen molar-refractivity contribution in [3.8, 4) is 11.1 Å². The molecular formula is C19H24N4O2. The summed E-state index contributed by atoms with van der Waals surface area (Å²) in [4.78, 5) is 15.5. The number of carbonyl (C=O) groups excluding carboxylic acids is 1. The normalized spacial score (nSPS) is 19.9. The first kappa shape index (κ1) is 17.4.